The minimum absolute atomic E-state index is 0.315. The van der Waals surface area contributed by atoms with Crippen molar-refractivity contribution in [1.29, 1.82) is 0 Å². The van der Waals surface area contributed by atoms with Crippen molar-refractivity contribution in [3.63, 3.8) is 0 Å². The Morgan fingerprint density at radius 1 is 1.33 bits per heavy atom. The monoisotopic (exact) mass is 248 g/mol. The van der Waals surface area contributed by atoms with Gasteiger partial charge in [0.25, 0.3) is 0 Å². The number of hydrogen-bond donors (Lipinski definition) is 1. The Kier molecular flexibility index (Phi) is 4.25. The van der Waals surface area contributed by atoms with Crippen molar-refractivity contribution in [2.75, 3.05) is 19.7 Å². The Hall–Kier alpha value is -1.06. The number of nitrogens with two attached hydrogens (primary N) is 1. The van der Waals surface area contributed by atoms with Gasteiger partial charge in [-0.2, -0.15) is 0 Å². The Morgan fingerprint density at radius 2 is 2.00 bits per heavy atom. The van der Waals surface area contributed by atoms with Crippen LogP contribution in [0.2, 0.25) is 0 Å². The summed E-state index contributed by atoms with van der Waals surface area (Å²) in [5.74, 6) is 1.54. The van der Waals surface area contributed by atoms with Gasteiger partial charge in [-0.25, -0.2) is 0 Å². The molecule has 1 heterocycles. The molecule has 3 atom stereocenters. The molecule has 1 aromatic carbocycles. The highest BCUT2D eigenvalue weighted by molar-refractivity contribution is 5.29. The van der Waals surface area contributed by atoms with Crippen molar-refractivity contribution in [2.24, 2.45) is 11.7 Å². The molecule has 3 nitrogen and oxygen atoms in total. The van der Waals surface area contributed by atoms with Crippen molar-refractivity contribution in [3.8, 4) is 5.75 Å². The van der Waals surface area contributed by atoms with Crippen LogP contribution in [0, 0.1) is 5.92 Å². The first-order valence-electron chi connectivity index (χ1n) is 6.84. The summed E-state index contributed by atoms with van der Waals surface area (Å²) in [6.45, 7) is 9.29. The second-order valence-electron chi connectivity index (χ2n) is 5.27. The van der Waals surface area contributed by atoms with Crippen LogP contribution in [0.5, 0.6) is 5.75 Å². The molecule has 0 radical (unpaired) electrons. The fraction of sp³-hybridized carbons (Fsp3) is 0.600. The molecule has 1 fully saturated rings. The van der Waals surface area contributed by atoms with Crippen LogP contribution >= 0.6 is 0 Å². The predicted octanol–water partition coefficient (Wildman–Crippen LogP) is 2.43. The molecule has 2 N–H and O–H groups in total. The lowest BCUT2D eigenvalue weighted by molar-refractivity contribution is 0.253. The standard InChI is InChI=1S/C15H24N2O/c1-4-18-14-7-5-13(6-8-14)12(3)17-9-11(2)15(16)10-17/h5-8,11-12,15H,4,9-10,16H2,1-3H3. The van der Waals surface area contributed by atoms with Crippen LogP contribution in [0.25, 0.3) is 0 Å². The van der Waals surface area contributed by atoms with E-state index >= 15 is 0 Å². The van der Waals surface area contributed by atoms with Crippen LogP contribution < -0.4 is 10.5 Å². The highest BCUT2D eigenvalue weighted by Crippen LogP contribution is 2.27. The average molecular weight is 248 g/mol. The van der Waals surface area contributed by atoms with E-state index < -0.39 is 0 Å². The van der Waals surface area contributed by atoms with Crippen LogP contribution in [0.1, 0.15) is 32.4 Å². The number of nitrogens with zero attached hydrogens (tertiary/aromatic N) is 1. The normalized spacial score (nSPS) is 26.2. The van der Waals surface area contributed by atoms with Crippen molar-refractivity contribution < 1.29 is 4.74 Å². The maximum atomic E-state index is 6.09. The zero-order valence-corrected chi connectivity index (χ0v) is 11.6. The first kappa shape index (κ1) is 13.4. The molecule has 1 aromatic rings. The summed E-state index contributed by atoms with van der Waals surface area (Å²) < 4.78 is 5.47. The molecule has 2 rings (SSSR count). The van der Waals surface area contributed by atoms with Crippen molar-refractivity contribution in [3.05, 3.63) is 29.8 Å². The summed E-state index contributed by atoms with van der Waals surface area (Å²) >= 11 is 0. The Bertz CT molecular complexity index is 367. The van der Waals surface area contributed by atoms with E-state index in [9.17, 15) is 0 Å². The summed E-state index contributed by atoms with van der Waals surface area (Å²) in [5, 5.41) is 0. The van der Waals surface area contributed by atoms with Gasteiger partial charge in [0.1, 0.15) is 5.75 Å². The summed E-state index contributed by atoms with van der Waals surface area (Å²) in [6.07, 6.45) is 0. The smallest absolute Gasteiger partial charge is 0.119 e. The Labute approximate surface area is 110 Å². The van der Waals surface area contributed by atoms with E-state index in [0.29, 0.717) is 24.6 Å². The topological polar surface area (TPSA) is 38.5 Å². The van der Waals surface area contributed by atoms with Crippen molar-refractivity contribution in [1.82, 2.24) is 4.90 Å². The maximum absolute atomic E-state index is 6.09. The summed E-state index contributed by atoms with van der Waals surface area (Å²) in [6, 6.07) is 9.16. The molecule has 0 amide bonds. The van der Waals surface area contributed by atoms with Crippen LogP contribution in [-0.2, 0) is 0 Å². The Morgan fingerprint density at radius 3 is 2.50 bits per heavy atom. The summed E-state index contributed by atoms with van der Waals surface area (Å²) in [4.78, 5) is 2.46. The predicted molar refractivity (Wildman–Crippen MR) is 74.7 cm³/mol. The largest absolute Gasteiger partial charge is 0.494 e. The number of hydrogen-bond acceptors (Lipinski definition) is 3. The van der Waals surface area contributed by atoms with Crippen LogP contribution in [-0.4, -0.2) is 30.6 Å². The van der Waals surface area contributed by atoms with Gasteiger partial charge < -0.3 is 10.5 Å². The molecular weight excluding hydrogens is 224 g/mol. The molecule has 0 aliphatic carbocycles. The Balaban J connectivity index is 2.02. The molecule has 3 heteroatoms. The first-order chi connectivity index (χ1) is 8.61. The lowest BCUT2D eigenvalue weighted by Gasteiger charge is -2.24. The van der Waals surface area contributed by atoms with Crippen LogP contribution in [0.15, 0.2) is 24.3 Å². The second-order valence-corrected chi connectivity index (χ2v) is 5.27. The number of benzene rings is 1. The minimum Gasteiger partial charge on any atom is -0.494 e. The maximum Gasteiger partial charge on any atom is 0.119 e. The molecule has 0 spiro atoms. The summed E-state index contributed by atoms with van der Waals surface area (Å²) in [7, 11) is 0. The van der Waals surface area contributed by atoms with E-state index in [0.717, 1.165) is 18.8 Å². The zero-order valence-electron chi connectivity index (χ0n) is 11.6. The van der Waals surface area contributed by atoms with Crippen LogP contribution in [0.3, 0.4) is 0 Å². The molecule has 0 bridgehead atoms. The molecule has 0 saturated carbocycles. The molecule has 0 aromatic heterocycles. The van der Waals surface area contributed by atoms with E-state index in [1.54, 1.807) is 0 Å². The third kappa shape index (κ3) is 2.85. The lowest BCUT2D eigenvalue weighted by Crippen LogP contribution is -2.29. The number of ether oxygens (including phenoxy) is 1. The van der Waals surface area contributed by atoms with Gasteiger partial charge >= 0.3 is 0 Å². The quantitative estimate of drug-likeness (QED) is 0.889. The van der Waals surface area contributed by atoms with Gasteiger partial charge in [-0.1, -0.05) is 19.1 Å². The van der Waals surface area contributed by atoms with Crippen LogP contribution in [0.4, 0.5) is 0 Å². The van der Waals surface area contributed by atoms with E-state index in [4.69, 9.17) is 10.5 Å². The second kappa shape index (κ2) is 5.72. The average Bonchev–Trinajstić information content (AvgIpc) is 2.70. The molecular formula is C15H24N2O. The molecule has 100 valence electrons. The van der Waals surface area contributed by atoms with E-state index in [1.165, 1.54) is 5.56 Å². The van der Waals surface area contributed by atoms with Gasteiger partial charge in [0, 0.05) is 25.2 Å². The molecule has 1 saturated heterocycles. The van der Waals surface area contributed by atoms with E-state index in [-0.39, 0.29) is 0 Å². The van der Waals surface area contributed by atoms with Gasteiger partial charge in [-0.15, -0.1) is 0 Å². The zero-order chi connectivity index (χ0) is 13.1. The minimum atomic E-state index is 0.315. The fourth-order valence-electron chi connectivity index (χ4n) is 2.57. The van der Waals surface area contributed by atoms with Gasteiger partial charge in [-0.05, 0) is 37.5 Å². The summed E-state index contributed by atoms with van der Waals surface area (Å²) in [5.41, 5.74) is 7.42. The fourth-order valence-corrected chi connectivity index (χ4v) is 2.57. The highest BCUT2D eigenvalue weighted by atomic mass is 16.5. The van der Waals surface area contributed by atoms with Crippen molar-refractivity contribution >= 4 is 0 Å². The molecule has 1 aliphatic rings. The van der Waals surface area contributed by atoms with Gasteiger partial charge in [-0.3, -0.25) is 4.90 Å². The van der Waals surface area contributed by atoms with Crippen molar-refractivity contribution in [2.45, 2.75) is 32.9 Å². The van der Waals surface area contributed by atoms with E-state index in [1.807, 2.05) is 6.92 Å². The number of rotatable bonds is 4. The molecule has 18 heavy (non-hydrogen) atoms. The lowest BCUT2D eigenvalue weighted by atomic mass is 10.1. The molecule has 1 aliphatic heterocycles. The first-order valence-corrected chi connectivity index (χ1v) is 6.84. The number of likely N-dealkylation sites (tertiary alicyclic amines) is 1. The van der Waals surface area contributed by atoms with E-state index in [2.05, 4.69) is 43.0 Å². The van der Waals surface area contributed by atoms with Gasteiger partial charge in [0.05, 0.1) is 6.61 Å². The third-order valence-electron chi connectivity index (χ3n) is 3.92. The SMILES string of the molecule is CCOc1ccc(C(C)N2CC(C)C(N)C2)cc1. The van der Waals surface area contributed by atoms with Gasteiger partial charge in [0.15, 0.2) is 0 Å². The van der Waals surface area contributed by atoms with Gasteiger partial charge in [0.2, 0.25) is 0 Å². The third-order valence-corrected chi connectivity index (χ3v) is 3.92. The highest BCUT2D eigenvalue weighted by Gasteiger charge is 2.29. The molecule has 3 unspecified atom stereocenters.